The van der Waals surface area contributed by atoms with E-state index in [0.29, 0.717) is 0 Å². The zero-order valence-corrected chi connectivity index (χ0v) is 11.3. The number of aromatic nitrogens is 1. The Hall–Kier alpha value is -1.87. The highest BCUT2D eigenvalue weighted by atomic mass is 16.5. The van der Waals surface area contributed by atoms with E-state index >= 15 is 0 Å². The molecule has 0 aliphatic rings. The molecule has 0 atom stereocenters. The molecule has 0 spiro atoms. The lowest BCUT2D eigenvalue weighted by atomic mass is 10.2. The van der Waals surface area contributed by atoms with E-state index in [2.05, 4.69) is 29.4 Å². The van der Waals surface area contributed by atoms with Crippen molar-refractivity contribution in [3.63, 3.8) is 0 Å². The van der Waals surface area contributed by atoms with Gasteiger partial charge in [-0.15, -0.1) is 0 Å². The first-order chi connectivity index (χ1) is 9.34. The predicted molar refractivity (Wildman–Crippen MR) is 77.2 cm³/mol. The van der Waals surface area contributed by atoms with Crippen LogP contribution in [0.25, 0.3) is 0 Å². The fourth-order valence-corrected chi connectivity index (χ4v) is 1.83. The van der Waals surface area contributed by atoms with Crippen molar-refractivity contribution in [2.24, 2.45) is 0 Å². The van der Waals surface area contributed by atoms with Crippen LogP contribution in [-0.4, -0.2) is 18.1 Å². The number of hydrogen-bond donors (Lipinski definition) is 1. The summed E-state index contributed by atoms with van der Waals surface area (Å²) in [7, 11) is 0. The molecule has 0 fully saturated rings. The molecule has 0 unspecified atom stereocenters. The number of nitrogens with one attached hydrogen (secondary N) is 1. The second-order valence-electron chi connectivity index (χ2n) is 4.55. The minimum Gasteiger partial charge on any atom is -0.494 e. The van der Waals surface area contributed by atoms with Gasteiger partial charge in [0.2, 0.25) is 0 Å². The summed E-state index contributed by atoms with van der Waals surface area (Å²) in [5.74, 6) is 0.953. The van der Waals surface area contributed by atoms with Gasteiger partial charge in [-0.25, -0.2) is 0 Å². The van der Waals surface area contributed by atoms with E-state index in [0.717, 1.165) is 31.9 Å². The lowest BCUT2D eigenvalue weighted by Crippen LogP contribution is -2.17. The van der Waals surface area contributed by atoms with Crippen LogP contribution < -0.4 is 10.1 Å². The number of pyridine rings is 1. The molecular weight excluding hydrogens is 236 g/mol. The number of hydrogen-bond acceptors (Lipinski definition) is 3. The van der Waals surface area contributed by atoms with E-state index in [1.807, 2.05) is 36.7 Å². The summed E-state index contributed by atoms with van der Waals surface area (Å²) >= 11 is 0. The molecule has 0 aliphatic carbocycles. The molecule has 100 valence electrons. The molecule has 1 aromatic carbocycles. The summed E-state index contributed by atoms with van der Waals surface area (Å²) in [6.07, 6.45) is 4.63. The number of benzene rings is 1. The molecule has 0 amide bonds. The van der Waals surface area contributed by atoms with Crippen molar-refractivity contribution in [1.82, 2.24) is 10.3 Å². The van der Waals surface area contributed by atoms with Crippen molar-refractivity contribution >= 4 is 0 Å². The van der Waals surface area contributed by atoms with E-state index < -0.39 is 0 Å². The highest BCUT2D eigenvalue weighted by molar-refractivity contribution is 5.27. The second-order valence-corrected chi connectivity index (χ2v) is 4.55. The molecule has 1 N–H and O–H groups in total. The summed E-state index contributed by atoms with van der Waals surface area (Å²) in [6, 6.07) is 12.2. The molecule has 3 heteroatoms. The van der Waals surface area contributed by atoms with E-state index in [4.69, 9.17) is 4.74 Å². The first-order valence-corrected chi connectivity index (χ1v) is 6.64. The number of aryl methyl sites for hydroxylation is 1. The summed E-state index contributed by atoms with van der Waals surface area (Å²) in [4.78, 5) is 4.00. The highest BCUT2D eigenvalue weighted by Gasteiger charge is 1.95. The fraction of sp³-hybridized carbons (Fsp3) is 0.312. The van der Waals surface area contributed by atoms with Crippen molar-refractivity contribution in [1.29, 1.82) is 0 Å². The summed E-state index contributed by atoms with van der Waals surface area (Å²) in [6.45, 7) is 4.65. The molecule has 0 saturated carbocycles. The SMILES string of the molecule is Cc1cccc(OCCCNCc2ccncc2)c1. The van der Waals surface area contributed by atoms with Crippen molar-refractivity contribution in [2.75, 3.05) is 13.2 Å². The van der Waals surface area contributed by atoms with Gasteiger partial charge in [-0.3, -0.25) is 4.98 Å². The minimum atomic E-state index is 0.743. The van der Waals surface area contributed by atoms with Crippen LogP contribution in [0, 0.1) is 6.92 Å². The topological polar surface area (TPSA) is 34.1 Å². The lowest BCUT2D eigenvalue weighted by Gasteiger charge is -2.07. The standard InChI is InChI=1S/C16H20N2O/c1-14-4-2-5-16(12-14)19-11-3-8-18-13-15-6-9-17-10-7-15/h2,4-7,9-10,12,18H,3,8,11,13H2,1H3. The smallest absolute Gasteiger partial charge is 0.119 e. The van der Waals surface area contributed by atoms with Gasteiger partial charge in [-0.2, -0.15) is 0 Å². The number of rotatable bonds is 7. The Balaban J connectivity index is 1.58. The monoisotopic (exact) mass is 256 g/mol. The third-order valence-corrected chi connectivity index (χ3v) is 2.83. The van der Waals surface area contributed by atoms with Crippen molar-refractivity contribution < 1.29 is 4.74 Å². The lowest BCUT2D eigenvalue weighted by molar-refractivity contribution is 0.308. The number of ether oxygens (including phenoxy) is 1. The maximum Gasteiger partial charge on any atom is 0.119 e. The van der Waals surface area contributed by atoms with Crippen LogP contribution in [-0.2, 0) is 6.54 Å². The fourth-order valence-electron chi connectivity index (χ4n) is 1.83. The van der Waals surface area contributed by atoms with Gasteiger partial charge in [0.1, 0.15) is 5.75 Å². The second kappa shape index (κ2) is 7.54. The molecule has 2 aromatic rings. The number of nitrogens with zero attached hydrogens (tertiary/aromatic N) is 1. The first kappa shape index (κ1) is 13.6. The van der Waals surface area contributed by atoms with Crippen LogP contribution in [0.5, 0.6) is 5.75 Å². The zero-order valence-electron chi connectivity index (χ0n) is 11.3. The van der Waals surface area contributed by atoms with Crippen molar-refractivity contribution in [2.45, 2.75) is 19.9 Å². The van der Waals surface area contributed by atoms with Crippen LogP contribution in [0.4, 0.5) is 0 Å². The average Bonchev–Trinajstić information content (AvgIpc) is 2.44. The Morgan fingerprint density at radius 1 is 1.16 bits per heavy atom. The largest absolute Gasteiger partial charge is 0.494 e. The van der Waals surface area contributed by atoms with Crippen LogP contribution in [0.3, 0.4) is 0 Å². The van der Waals surface area contributed by atoms with Gasteiger partial charge in [-0.1, -0.05) is 12.1 Å². The Kier molecular flexibility index (Phi) is 5.38. The van der Waals surface area contributed by atoms with Crippen LogP contribution in [0.1, 0.15) is 17.5 Å². The van der Waals surface area contributed by atoms with E-state index in [-0.39, 0.29) is 0 Å². The summed E-state index contributed by atoms with van der Waals surface area (Å²) in [5, 5.41) is 3.39. The van der Waals surface area contributed by atoms with E-state index in [1.54, 1.807) is 0 Å². The molecule has 0 aliphatic heterocycles. The highest BCUT2D eigenvalue weighted by Crippen LogP contribution is 2.12. The minimum absolute atomic E-state index is 0.743. The molecule has 0 bridgehead atoms. The normalized spacial score (nSPS) is 10.4. The molecule has 2 rings (SSSR count). The maximum absolute atomic E-state index is 5.69. The van der Waals surface area contributed by atoms with Gasteiger partial charge in [0.15, 0.2) is 0 Å². The molecule has 1 aromatic heterocycles. The molecule has 0 radical (unpaired) electrons. The van der Waals surface area contributed by atoms with Gasteiger partial charge < -0.3 is 10.1 Å². The first-order valence-electron chi connectivity index (χ1n) is 6.64. The van der Waals surface area contributed by atoms with Crippen molar-refractivity contribution in [3.8, 4) is 5.75 Å². The van der Waals surface area contributed by atoms with Crippen LogP contribution in [0.2, 0.25) is 0 Å². The summed E-state index contributed by atoms with van der Waals surface area (Å²) < 4.78 is 5.69. The van der Waals surface area contributed by atoms with Gasteiger partial charge in [0.05, 0.1) is 6.61 Å². The van der Waals surface area contributed by atoms with Crippen molar-refractivity contribution in [3.05, 3.63) is 59.9 Å². The molecular formula is C16H20N2O. The molecule has 1 heterocycles. The predicted octanol–water partition coefficient (Wildman–Crippen LogP) is 2.95. The third kappa shape index (κ3) is 5.10. The Morgan fingerprint density at radius 2 is 2.00 bits per heavy atom. The molecule has 19 heavy (non-hydrogen) atoms. The Labute approximate surface area is 114 Å². The zero-order chi connectivity index (χ0) is 13.3. The van der Waals surface area contributed by atoms with Gasteiger partial charge in [-0.05, 0) is 55.3 Å². The summed E-state index contributed by atoms with van der Waals surface area (Å²) in [5.41, 5.74) is 2.49. The molecule has 3 nitrogen and oxygen atoms in total. The average molecular weight is 256 g/mol. The van der Waals surface area contributed by atoms with Gasteiger partial charge >= 0.3 is 0 Å². The van der Waals surface area contributed by atoms with Crippen LogP contribution in [0.15, 0.2) is 48.8 Å². The van der Waals surface area contributed by atoms with E-state index in [9.17, 15) is 0 Å². The Bertz CT molecular complexity index is 485. The maximum atomic E-state index is 5.69. The quantitative estimate of drug-likeness (QED) is 0.773. The Morgan fingerprint density at radius 3 is 2.79 bits per heavy atom. The third-order valence-electron chi connectivity index (χ3n) is 2.83. The van der Waals surface area contributed by atoms with Gasteiger partial charge in [0, 0.05) is 18.9 Å². The van der Waals surface area contributed by atoms with Gasteiger partial charge in [0.25, 0.3) is 0 Å². The van der Waals surface area contributed by atoms with E-state index in [1.165, 1.54) is 11.1 Å². The van der Waals surface area contributed by atoms with Crippen LogP contribution >= 0.6 is 0 Å². The molecule has 0 saturated heterocycles.